The molecule has 0 amide bonds. The van der Waals surface area contributed by atoms with Crippen molar-refractivity contribution in [1.29, 1.82) is 10.5 Å². The van der Waals surface area contributed by atoms with E-state index >= 15 is 13.2 Å². The van der Waals surface area contributed by atoms with Crippen molar-refractivity contribution in [2.24, 2.45) is 0 Å². The highest BCUT2D eigenvalue weighted by Gasteiger charge is 2.65. The second-order valence-corrected chi connectivity index (χ2v) is 23.1. The molecule has 0 saturated carbocycles. The molecule has 75 heavy (non-hydrogen) atoms. The standard InChI is InChI=1S/C64H81F3N4O2S2/c1-6-8-10-12-14-16-18-20-22-24-26-28-33-43-62(44-34-29-27-25-23-21-19-17-15-13-11-9-7-2)55-46-58(49-37-39-51(40-38-49)71(4)5)75-60(55)61-57(72-62)45-52(74-61)41-42-54-53(47-68)59(56(48-69)70-3)73-63(54,64(65,66)67)50-35-31-30-32-36-50/h30-32,35-42,45-46H,6-29,33-34,43-44H2,1-2,4-5H3/b42-41+,59-56-. The van der Waals surface area contributed by atoms with Crippen molar-refractivity contribution >= 4 is 34.4 Å². The van der Waals surface area contributed by atoms with Crippen LogP contribution < -0.4 is 9.64 Å². The lowest BCUT2D eigenvalue weighted by atomic mass is 9.81. The minimum atomic E-state index is -5.08. The van der Waals surface area contributed by atoms with Gasteiger partial charge in [-0.1, -0.05) is 216 Å². The molecule has 1 unspecified atom stereocenters. The normalized spacial score (nSPS) is 16.5. The van der Waals surface area contributed by atoms with E-state index in [2.05, 4.69) is 53.9 Å². The van der Waals surface area contributed by atoms with Gasteiger partial charge in [-0.2, -0.15) is 18.4 Å². The lowest BCUT2D eigenvalue weighted by molar-refractivity contribution is -0.249. The summed E-state index contributed by atoms with van der Waals surface area (Å²) in [7, 11) is 4.08. The van der Waals surface area contributed by atoms with Gasteiger partial charge < -0.3 is 14.4 Å². The van der Waals surface area contributed by atoms with Crippen LogP contribution in [0.25, 0.3) is 31.1 Å². The van der Waals surface area contributed by atoms with Crippen LogP contribution in [0.15, 0.2) is 95.4 Å². The van der Waals surface area contributed by atoms with Gasteiger partial charge in [-0.3, -0.25) is 0 Å². The highest BCUT2D eigenvalue weighted by atomic mass is 32.1. The monoisotopic (exact) mass is 1060 g/mol. The Labute approximate surface area is 456 Å². The van der Waals surface area contributed by atoms with Crippen LogP contribution >= 0.6 is 22.7 Å². The maximum Gasteiger partial charge on any atom is 0.437 e. The molecule has 0 bridgehead atoms. The number of hydrogen-bond acceptors (Lipinski definition) is 7. The molecule has 0 spiro atoms. The third kappa shape index (κ3) is 15.4. The van der Waals surface area contributed by atoms with Gasteiger partial charge in [0.25, 0.3) is 5.60 Å². The van der Waals surface area contributed by atoms with Gasteiger partial charge in [0.15, 0.2) is 5.76 Å². The van der Waals surface area contributed by atoms with E-state index in [1.165, 1.54) is 188 Å². The minimum Gasteiger partial charge on any atom is -0.481 e. The van der Waals surface area contributed by atoms with Crippen molar-refractivity contribution in [2.75, 3.05) is 19.0 Å². The first-order valence-corrected chi connectivity index (χ1v) is 30.0. The number of benzene rings is 2. The molecule has 2 aliphatic heterocycles. The lowest BCUT2D eigenvalue weighted by Gasteiger charge is -2.38. The summed E-state index contributed by atoms with van der Waals surface area (Å²) in [5.74, 6) is 0.0423. The second-order valence-electron chi connectivity index (χ2n) is 21.0. The average molecular weight is 1060 g/mol. The molecule has 402 valence electrons. The minimum absolute atomic E-state index is 0.267. The summed E-state index contributed by atoms with van der Waals surface area (Å²) < 4.78 is 60.3. The summed E-state index contributed by atoms with van der Waals surface area (Å²) in [4.78, 5) is 9.11. The van der Waals surface area contributed by atoms with E-state index in [4.69, 9.17) is 16.0 Å². The number of nitrogens with zero attached hydrogens (tertiary/aromatic N) is 4. The number of fused-ring (bicyclic) bond motifs is 3. The molecule has 0 radical (unpaired) electrons. The van der Waals surface area contributed by atoms with Gasteiger partial charge in [-0.25, -0.2) is 10.1 Å². The van der Waals surface area contributed by atoms with Crippen LogP contribution in [0, 0.1) is 29.2 Å². The summed E-state index contributed by atoms with van der Waals surface area (Å²) in [6.45, 7) is 12.1. The number of thiophene rings is 2. The molecule has 6 nitrogen and oxygen atoms in total. The Balaban J connectivity index is 1.30. The first-order valence-electron chi connectivity index (χ1n) is 28.4. The molecule has 0 fully saturated rings. The largest absolute Gasteiger partial charge is 0.481 e. The van der Waals surface area contributed by atoms with E-state index in [0.717, 1.165) is 70.2 Å². The SMILES string of the molecule is [C-]#[N+]/C(C#N)=C1\OC(c2ccccc2)(C(F)(F)F)C(/C=C/c2cc3c(s2)-c2sc(-c4ccc(N(C)C)cc4)cc2C(CCCCCCCCCCCCCCC)(CCCCCCCCCCCCCCC)O3)=C1C#N. The smallest absolute Gasteiger partial charge is 0.437 e. The number of hydrogen-bond donors (Lipinski definition) is 0. The maximum absolute atomic E-state index is 15.7. The number of unbranched alkanes of at least 4 members (excludes halogenated alkanes) is 24. The Bertz CT molecular complexity index is 2580. The summed E-state index contributed by atoms with van der Waals surface area (Å²) in [6, 6.07) is 23.6. The number of nitriles is 2. The Morgan fingerprint density at radius 3 is 1.61 bits per heavy atom. The summed E-state index contributed by atoms with van der Waals surface area (Å²) in [5.41, 5.74) is -2.27. The van der Waals surface area contributed by atoms with Gasteiger partial charge in [0, 0.05) is 46.2 Å². The Hall–Kier alpha value is -5.28. The molecular weight excluding hydrogens is 978 g/mol. The van der Waals surface area contributed by atoms with Crippen LogP contribution in [-0.4, -0.2) is 20.3 Å². The molecule has 2 aliphatic rings. The summed E-state index contributed by atoms with van der Waals surface area (Å²) >= 11 is 3.20. The van der Waals surface area contributed by atoms with Gasteiger partial charge in [-0.05, 0) is 61.6 Å². The first-order chi connectivity index (χ1) is 36.5. The zero-order valence-corrected chi connectivity index (χ0v) is 47.0. The fourth-order valence-corrected chi connectivity index (χ4v) is 13.3. The Kier molecular flexibility index (Phi) is 23.5. The number of ether oxygens (including phenoxy) is 2. The number of allylic oxidation sites excluding steroid dienone is 2. The zero-order chi connectivity index (χ0) is 53.5. The molecule has 11 heteroatoms. The lowest BCUT2D eigenvalue weighted by Crippen LogP contribution is -2.43. The van der Waals surface area contributed by atoms with Crippen molar-refractivity contribution < 1.29 is 22.6 Å². The zero-order valence-electron chi connectivity index (χ0n) is 45.4. The Morgan fingerprint density at radius 1 is 0.653 bits per heavy atom. The van der Waals surface area contributed by atoms with Crippen LogP contribution in [0.2, 0.25) is 0 Å². The molecule has 0 aliphatic carbocycles. The predicted octanol–water partition coefficient (Wildman–Crippen LogP) is 20.7. The van der Waals surface area contributed by atoms with E-state index in [1.54, 1.807) is 29.5 Å². The molecular formula is C64H81F3N4O2S2. The van der Waals surface area contributed by atoms with Crippen LogP contribution in [0.1, 0.15) is 210 Å². The molecule has 4 aromatic rings. The molecule has 0 N–H and O–H groups in total. The fourth-order valence-electron chi connectivity index (χ4n) is 10.9. The molecule has 2 aromatic carbocycles. The van der Waals surface area contributed by atoms with E-state index < -0.39 is 40.0 Å². The van der Waals surface area contributed by atoms with Gasteiger partial charge in [0.1, 0.15) is 17.4 Å². The van der Waals surface area contributed by atoms with E-state index in [1.807, 2.05) is 26.2 Å². The second kappa shape index (κ2) is 29.9. The highest BCUT2D eigenvalue weighted by Crippen LogP contribution is 2.59. The van der Waals surface area contributed by atoms with Crippen molar-refractivity contribution in [3.05, 3.63) is 123 Å². The van der Waals surface area contributed by atoms with Crippen LogP contribution in [0.3, 0.4) is 0 Å². The summed E-state index contributed by atoms with van der Waals surface area (Å²) in [6.07, 6.45) is 32.6. The average Bonchev–Trinajstić information content (AvgIpc) is 4.18. The van der Waals surface area contributed by atoms with Crippen molar-refractivity contribution in [3.8, 4) is 38.1 Å². The third-order valence-electron chi connectivity index (χ3n) is 15.2. The topological polar surface area (TPSA) is 73.6 Å². The fraction of sp³-hybridized carbons (Fsp3) is 0.547. The number of alkyl halides is 3. The highest BCUT2D eigenvalue weighted by molar-refractivity contribution is 7.24. The van der Waals surface area contributed by atoms with E-state index in [-0.39, 0.29) is 5.56 Å². The van der Waals surface area contributed by atoms with Crippen molar-refractivity contribution in [2.45, 2.75) is 211 Å². The Morgan fingerprint density at radius 2 is 1.16 bits per heavy atom. The number of halogens is 3. The van der Waals surface area contributed by atoms with Gasteiger partial charge in [0.2, 0.25) is 0 Å². The molecule has 6 rings (SSSR count). The molecule has 0 saturated heterocycles. The van der Waals surface area contributed by atoms with E-state index in [9.17, 15) is 10.5 Å². The van der Waals surface area contributed by atoms with Crippen molar-refractivity contribution in [3.63, 3.8) is 0 Å². The van der Waals surface area contributed by atoms with Crippen molar-refractivity contribution in [1.82, 2.24) is 0 Å². The van der Waals surface area contributed by atoms with Gasteiger partial charge in [0.05, 0.1) is 28.0 Å². The van der Waals surface area contributed by atoms with Crippen LogP contribution in [0.4, 0.5) is 18.9 Å². The van der Waals surface area contributed by atoms with Crippen LogP contribution in [-0.2, 0) is 15.9 Å². The molecule has 1 atom stereocenters. The van der Waals surface area contributed by atoms with Gasteiger partial charge in [-0.15, -0.1) is 22.7 Å². The van der Waals surface area contributed by atoms with Gasteiger partial charge >= 0.3 is 11.9 Å². The predicted molar refractivity (Wildman–Crippen MR) is 306 cm³/mol. The summed E-state index contributed by atoms with van der Waals surface area (Å²) in [5, 5.41) is 20.3. The molecule has 2 aromatic heterocycles. The number of anilines is 1. The first kappa shape index (κ1) is 59.0. The van der Waals surface area contributed by atoms with Crippen LogP contribution in [0.5, 0.6) is 5.75 Å². The molecule has 4 heterocycles. The number of rotatable bonds is 33. The maximum atomic E-state index is 15.7. The quantitative estimate of drug-likeness (QED) is 0.0270. The van der Waals surface area contributed by atoms with E-state index in [0.29, 0.717) is 4.88 Å². The third-order valence-corrected chi connectivity index (χ3v) is 17.6.